The molecule has 0 aliphatic heterocycles. The SMILES string of the molecule is C/C(=C/c1ccc(C)cc1)c1ccc2c(c1)C(C)(C)CCC2(C)C. The lowest BCUT2D eigenvalue weighted by Gasteiger charge is -2.42. The van der Waals surface area contributed by atoms with Crippen LogP contribution in [0.3, 0.4) is 0 Å². The maximum Gasteiger partial charge on any atom is -0.0100 e. The van der Waals surface area contributed by atoms with Gasteiger partial charge in [-0.15, -0.1) is 0 Å². The zero-order valence-corrected chi connectivity index (χ0v) is 16.0. The van der Waals surface area contributed by atoms with Crippen molar-refractivity contribution in [3.8, 4) is 0 Å². The summed E-state index contributed by atoms with van der Waals surface area (Å²) < 4.78 is 0. The molecule has 3 rings (SSSR count). The molecule has 0 nitrogen and oxygen atoms in total. The van der Waals surface area contributed by atoms with Crippen molar-refractivity contribution in [2.45, 2.75) is 65.2 Å². The number of hydrogen-bond acceptors (Lipinski definition) is 0. The third-order valence-corrected chi connectivity index (χ3v) is 5.77. The third kappa shape index (κ3) is 3.20. The van der Waals surface area contributed by atoms with Crippen LogP contribution < -0.4 is 0 Å². The van der Waals surface area contributed by atoms with E-state index in [1.54, 1.807) is 0 Å². The van der Waals surface area contributed by atoms with E-state index in [1.807, 2.05) is 0 Å². The third-order valence-electron chi connectivity index (χ3n) is 5.77. The van der Waals surface area contributed by atoms with Crippen molar-refractivity contribution in [3.05, 3.63) is 70.3 Å². The zero-order chi connectivity index (χ0) is 17.5. The number of aryl methyl sites for hydroxylation is 1. The average Bonchev–Trinajstić information content (AvgIpc) is 2.54. The molecule has 0 N–H and O–H groups in total. The predicted molar refractivity (Wildman–Crippen MR) is 106 cm³/mol. The Morgan fingerprint density at radius 3 is 2.04 bits per heavy atom. The summed E-state index contributed by atoms with van der Waals surface area (Å²) >= 11 is 0. The minimum atomic E-state index is 0.269. The van der Waals surface area contributed by atoms with Crippen molar-refractivity contribution >= 4 is 11.6 Å². The van der Waals surface area contributed by atoms with E-state index in [2.05, 4.69) is 90.1 Å². The van der Waals surface area contributed by atoms with Crippen LogP contribution in [0, 0.1) is 6.92 Å². The van der Waals surface area contributed by atoms with Crippen LogP contribution in [0.5, 0.6) is 0 Å². The Hall–Kier alpha value is -1.82. The van der Waals surface area contributed by atoms with Gasteiger partial charge in [-0.3, -0.25) is 0 Å². The van der Waals surface area contributed by atoms with E-state index < -0.39 is 0 Å². The van der Waals surface area contributed by atoms with Gasteiger partial charge in [-0.25, -0.2) is 0 Å². The van der Waals surface area contributed by atoms with Crippen LogP contribution in [-0.4, -0.2) is 0 Å². The molecule has 2 aromatic rings. The van der Waals surface area contributed by atoms with Gasteiger partial charge in [-0.05, 0) is 65.3 Å². The van der Waals surface area contributed by atoms with Crippen molar-refractivity contribution in [1.82, 2.24) is 0 Å². The standard InChI is InChI=1S/C24H30/c1-17-7-9-19(10-8-17)15-18(2)20-11-12-21-22(16-20)24(5,6)14-13-23(21,3)4/h7-12,15-16H,13-14H2,1-6H3/b18-15-. The monoisotopic (exact) mass is 318 g/mol. The fraction of sp³-hybridized carbons (Fsp3) is 0.417. The van der Waals surface area contributed by atoms with E-state index in [-0.39, 0.29) is 10.8 Å². The summed E-state index contributed by atoms with van der Waals surface area (Å²) in [5, 5.41) is 0. The molecule has 0 atom stereocenters. The second kappa shape index (κ2) is 5.92. The molecule has 0 fully saturated rings. The number of rotatable bonds is 2. The summed E-state index contributed by atoms with van der Waals surface area (Å²) in [6.07, 6.45) is 4.82. The Morgan fingerprint density at radius 2 is 1.42 bits per heavy atom. The molecule has 0 amide bonds. The zero-order valence-electron chi connectivity index (χ0n) is 16.0. The molecule has 0 spiro atoms. The molecule has 0 aromatic heterocycles. The molecule has 0 radical (unpaired) electrons. The fourth-order valence-electron chi connectivity index (χ4n) is 3.83. The van der Waals surface area contributed by atoms with Crippen molar-refractivity contribution in [2.75, 3.05) is 0 Å². The van der Waals surface area contributed by atoms with Gasteiger partial charge >= 0.3 is 0 Å². The lowest BCUT2D eigenvalue weighted by atomic mass is 9.63. The molecule has 0 heteroatoms. The largest absolute Gasteiger partial charge is 0.0587 e. The van der Waals surface area contributed by atoms with E-state index >= 15 is 0 Å². The highest BCUT2D eigenvalue weighted by molar-refractivity contribution is 5.80. The minimum Gasteiger partial charge on any atom is -0.0587 e. The summed E-state index contributed by atoms with van der Waals surface area (Å²) in [6, 6.07) is 15.9. The quantitative estimate of drug-likeness (QED) is 0.528. The molecular weight excluding hydrogens is 288 g/mol. The highest BCUT2D eigenvalue weighted by atomic mass is 14.4. The van der Waals surface area contributed by atoms with E-state index in [0.717, 1.165) is 0 Å². The number of hydrogen-bond donors (Lipinski definition) is 0. The highest BCUT2D eigenvalue weighted by Gasteiger charge is 2.36. The lowest BCUT2D eigenvalue weighted by Crippen LogP contribution is -2.33. The smallest absolute Gasteiger partial charge is 0.0100 e. The lowest BCUT2D eigenvalue weighted by molar-refractivity contribution is 0.332. The first-order valence-electron chi connectivity index (χ1n) is 9.09. The normalized spacial score (nSPS) is 19.0. The fourth-order valence-corrected chi connectivity index (χ4v) is 3.83. The topological polar surface area (TPSA) is 0 Å². The second-order valence-electron chi connectivity index (χ2n) is 8.77. The summed E-state index contributed by atoms with van der Waals surface area (Å²) in [5.41, 5.74) is 8.89. The Labute approximate surface area is 147 Å². The highest BCUT2D eigenvalue weighted by Crippen LogP contribution is 2.46. The van der Waals surface area contributed by atoms with Crippen LogP contribution in [-0.2, 0) is 10.8 Å². The van der Waals surface area contributed by atoms with Gasteiger partial charge in [0.2, 0.25) is 0 Å². The Kier molecular flexibility index (Phi) is 4.20. The summed E-state index contributed by atoms with van der Waals surface area (Å²) in [6.45, 7) is 13.9. The van der Waals surface area contributed by atoms with E-state index in [1.165, 1.54) is 46.2 Å². The van der Waals surface area contributed by atoms with Crippen LogP contribution in [0.25, 0.3) is 11.6 Å². The van der Waals surface area contributed by atoms with Crippen LogP contribution in [0.2, 0.25) is 0 Å². The van der Waals surface area contributed by atoms with Crippen molar-refractivity contribution < 1.29 is 0 Å². The molecule has 0 heterocycles. The predicted octanol–water partition coefficient (Wildman–Crippen LogP) is 6.90. The van der Waals surface area contributed by atoms with Gasteiger partial charge in [-0.2, -0.15) is 0 Å². The van der Waals surface area contributed by atoms with Gasteiger partial charge in [0, 0.05) is 0 Å². The van der Waals surface area contributed by atoms with Crippen LogP contribution in [0.1, 0.15) is 75.3 Å². The number of benzene rings is 2. The summed E-state index contributed by atoms with van der Waals surface area (Å²) in [5.74, 6) is 0. The Morgan fingerprint density at radius 1 is 0.833 bits per heavy atom. The average molecular weight is 319 g/mol. The number of allylic oxidation sites excluding steroid dienone is 1. The van der Waals surface area contributed by atoms with Crippen molar-refractivity contribution in [1.29, 1.82) is 0 Å². The van der Waals surface area contributed by atoms with Gasteiger partial charge in [0.25, 0.3) is 0 Å². The first-order valence-corrected chi connectivity index (χ1v) is 9.09. The van der Waals surface area contributed by atoms with Crippen molar-refractivity contribution in [3.63, 3.8) is 0 Å². The van der Waals surface area contributed by atoms with Gasteiger partial charge in [0.15, 0.2) is 0 Å². The molecule has 24 heavy (non-hydrogen) atoms. The Bertz CT molecular complexity index is 770. The maximum absolute atomic E-state index is 2.44. The van der Waals surface area contributed by atoms with Gasteiger partial charge in [0.1, 0.15) is 0 Å². The molecule has 0 unspecified atom stereocenters. The van der Waals surface area contributed by atoms with E-state index in [9.17, 15) is 0 Å². The molecule has 1 aliphatic carbocycles. The summed E-state index contributed by atoms with van der Waals surface area (Å²) in [4.78, 5) is 0. The van der Waals surface area contributed by atoms with Crippen LogP contribution in [0.4, 0.5) is 0 Å². The number of fused-ring (bicyclic) bond motifs is 1. The molecule has 1 aliphatic rings. The van der Waals surface area contributed by atoms with Gasteiger partial charge in [-0.1, -0.05) is 81.8 Å². The first kappa shape index (κ1) is 17.0. The second-order valence-corrected chi connectivity index (χ2v) is 8.77. The molecule has 0 saturated carbocycles. The summed E-state index contributed by atoms with van der Waals surface area (Å²) in [7, 11) is 0. The molecule has 0 saturated heterocycles. The molecule has 126 valence electrons. The first-order chi connectivity index (χ1) is 11.2. The molecular formula is C24H30. The minimum absolute atomic E-state index is 0.269. The van der Waals surface area contributed by atoms with E-state index in [0.29, 0.717) is 0 Å². The molecule has 2 aromatic carbocycles. The van der Waals surface area contributed by atoms with Crippen LogP contribution >= 0.6 is 0 Å². The Balaban J connectivity index is 2.03. The van der Waals surface area contributed by atoms with Gasteiger partial charge in [0.05, 0.1) is 0 Å². The van der Waals surface area contributed by atoms with Crippen molar-refractivity contribution in [2.24, 2.45) is 0 Å². The van der Waals surface area contributed by atoms with Gasteiger partial charge < -0.3 is 0 Å². The van der Waals surface area contributed by atoms with E-state index in [4.69, 9.17) is 0 Å². The maximum atomic E-state index is 2.44. The van der Waals surface area contributed by atoms with Crippen LogP contribution in [0.15, 0.2) is 42.5 Å². The molecule has 0 bridgehead atoms.